The third-order valence-electron chi connectivity index (χ3n) is 3.70. The average molecular weight is 242 g/mol. The third-order valence-corrected chi connectivity index (χ3v) is 3.70. The maximum atomic E-state index is 12.1. The first-order chi connectivity index (χ1) is 8.26. The summed E-state index contributed by atoms with van der Waals surface area (Å²) in [5.74, 6) is -0.0722. The van der Waals surface area contributed by atoms with Gasteiger partial charge in [0.05, 0.1) is 25.4 Å². The minimum atomic E-state index is -0.464. The molecule has 0 aromatic rings. The Hall–Kier alpha value is -0.650. The van der Waals surface area contributed by atoms with Crippen LogP contribution in [0.3, 0.4) is 0 Å². The Balaban J connectivity index is 1.90. The van der Waals surface area contributed by atoms with Crippen LogP contribution in [0.2, 0.25) is 0 Å². The molecule has 1 saturated heterocycles. The normalized spacial score (nSPS) is 28.6. The third kappa shape index (κ3) is 3.18. The van der Waals surface area contributed by atoms with Crippen LogP contribution < -0.4 is 11.1 Å². The molecule has 0 aromatic heterocycles. The first-order valence-electron chi connectivity index (χ1n) is 6.47. The molecular formula is C12H22N2O3. The van der Waals surface area contributed by atoms with Crippen molar-refractivity contribution in [3.63, 3.8) is 0 Å². The molecule has 0 bridgehead atoms. The van der Waals surface area contributed by atoms with Gasteiger partial charge < -0.3 is 20.5 Å². The summed E-state index contributed by atoms with van der Waals surface area (Å²) in [5, 5.41) is 3.08. The van der Waals surface area contributed by atoms with Crippen molar-refractivity contribution in [1.29, 1.82) is 0 Å². The summed E-state index contributed by atoms with van der Waals surface area (Å²) in [4.78, 5) is 12.1. The first kappa shape index (κ1) is 12.8. The minimum Gasteiger partial charge on any atom is -0.376 e. The van der Waals surface area contributed by atoms with Crippen molar-refractivity contribution < 1.29 is 14.3 Å². The molecule has 1 saturated carbocycles. The lowest BCUT2D eigenvalue weighted by molar-refractivity contribution is -0.149. The maximum absolute atomic E-state index is 12.1. The zero-order valence-electron chi connectivity index (χ0n) is 10.2. The molecule has 1 atom stereocenters. The van der Waals surface area contributed by atoms with Crippen molar-refractivity contribution in [3.05, 3.63) is 0 Å². The number of amides is 1. The van der Waals surface area contributed by atoms with Gasteiger partial charge >= 0.3 is 0 Å². The highest BCUT2D eigenvalue weighted by Gasteiger charge is 2.35. The number of nitrogens with one attached hydrogen (secondary N) is 1. The first-order valence-corrected chi connectivity index (χ1v) is 6.47. The van der Waals surface area contributed by atoms with E-state index in [0.29, 0.717) is 26.4 Å². The Labute approximate surface area is 102 Å². The molecule has 0 spiro atoms. The second kappa shape index (κ2) is 5.80. The van der Waals surface area contributed by atoms with Crippen LogP contribution in [0.5, 0.6) is 0 Å². The van der Waals surface area contributed by atoms with Crippen LogP contribution in [-0.2, 0) is 14.3 Å². The number of hydrogen-bond acceptors (Lipinski definition) is 4. The SMILES string of the molecule is NCC1(NC(=O)C2COCCO2)CCCCC1. The van der Waals surface area contributed by atoms with E-state index < -0.39 is 6.10 Å². The molecule has 1 amide bonds. The van der Waals surface area contributed by atoms with Crippen molar-refractivity contribution in [3.8, 4) is 0 Å². The molecule has 0 aromatic carbocycles. The second-order valence-electron chi connectivity index (χ2n) is 4.97. The van der Waals surface area contributed by atoms with E-state index in [2.05, 4.69) is 5.32 Å². The summed E-state index contributed by atoms with van der Waals surface area (Å²) >= 11 is 0. The fourth-order valence-corrected chi connectivity index (χ4v) is 2.59. The molecular weight excluding hydrogens is 220 g/mol. The van der Waals surface area contributed by atoms with Gasteiger partial charge in [-0.2, -0.15) is 0 Å². The quantitative estimate of drug-likeness (QED) is 0.740. The van der Waals surface area contributed by atoms with Gasteiger partial charge in [-0.1, -0.05) is 19.3 Å². The Morgan fingerprint density at radius 3 is 2.65 bits per heavy atom. The van der Waals surface area contributed by atoms with Crippen LogP contribution in [0.15, 0.2) is 0 Å². The van der Waals surface area contributed by atoms with Crippen molar-refractivity contribution in [2.24, 2.45) is 5.73 Å². The lowest BCUT2D eigenvalue weighted by atomic mass is 9.81. The summed E-state index contributed by atoms with van der Waals surface area (Å²) < 4.78 is 10.6. The van der Waals surface area contributed by atoms with E-state index in [1.54, 1.807) is 0 Å². The number of ether oxygens (including phenoxy) is 2. The fourth-order valence-electron chi connectivity index (χ4n) is 2.59. The Morgan fingerprint density at radius 2 is 2.06 bits per heavy atom. The highest BCUT2D eigenvalue weighted by Crippen LogP contribution is 2.27. The van der Waals surface area contributed by atoms with E-state index in [1.165, 1.54) is 6.42 Å². The van der Waals surface area contributed by atoms with Gasteiger partial charge in [0.15, 0.2) is 6.10 Å². The number of hydrogen-bond donors (Lipinski definition) is 2. The van der Waals surface area contributed by atoms with Gasteiger partial charge in [-0.05, 0) is 12.8 Å². The zero-order chi connectivity index (χ0) is 12.1. The molecule has 2 aliphatic rings. The van der Waals surface area contributed by atoms with Crippen molar-refractivity contribution >= 4 is 5.91 Å². The summed E-state index contributed by atoms with van der Waals surface area (Å²) in [6.45, 7) is 1.93. The molecule has 98 valence electrons. The van der Waals surface area contributed by atoms with Gasteiger partial charge in [0, 0.05) is 6.54 Å². The molecule has 2 rings (SSSR count). The lowest BCUT2D eigenvalue weighted by Crippen LogP contribution is -2.58. The molecule has 5 nitrogen and oxygen atoms in total. The summed E-state index contributed by atoms with van der Waals surface area (Å²) in [7, 11) is 0. The predicted octanol–water partition coefficient (Wildman–Crippen LogP) is 0.180. The zero-order valence-corrected chi connectivity index (χ0v) is 10.2. The predicted molar refractivity (Wildman–Crippen MR) is 63.6 cm³/mol. The summed E-state index contributed by atoms with van der Waals surface area (Å²) in [6.07, 6.45) is 5.00. The lowest BCUT2D eigenvalue weighted by Gasteiger charge is -2.38. The van der Waals surface area contributed by atoms with Gasteiger partial charge in [-0.3, -0.25) is 4.79 Å². The van der Waals surface area contributed by atoms with Crippen LogP contribution in [-0.4, -0.2) is 43.9 Å². The van der Waals surface area contributed by atoms with Gasteiger partial charge in [0.25, 0.3) is 5.91 Å². The van der Waals surface area contributed by atoms with E-state index in [-0.39, 0.29) is 11.4 Å². The maximum Gasteiger partial charge on any atom is 0.252 e. The van der Waals surface area contributed by atoms with Crippen LogP contribution >= 0.6 is 0 Å². The molecule has 1 aliphatic carbocycles. The monoisotopic (exact) mass is 242 g/mol. The Kier molecular flexibility index (Phi) is 4.36. The Morgan fingerprint density at radius 1 is 1.29 bits per heavy atom. The highest BCUT2D eigenvalue weighted by atomic mass is 16.6. The van der Waals surface area contributed by atoms with Gasteiger partial charge in [0.2, 0.25) is 0 Å². The highest BCUT2D eigenvalue weighted by molar-refractivity contribution is 5.81. The van der Waals surface area contributed by atoms with Crippen LogP contribution in [0.4, 0.5) is 0 Å². The van der Waals surface area contributed by atoms with Crippen LogP contribution in [0.25, 0.3) is 0 Å². The van der Waals surface area contributed by atoms with E-state index in [1.807, 2.05) is 0 Å². The standard InChI is InChI=1S/C12H22N2O3/c13-9-12(4-2-1-3-5-12)14-11(15)10-8-16-6-7-17-10/h10H,1-9,13H2,(H,14,15). The Bertz CT molecular complexity index is 258. The van der Waals surface area contributed by atoms with Gasteiger partial charge in [-0.25, -0.2) is 0 Å². The number of carbonyl (C=O) groups is 1. The summed E-state index contributed by atoms with van der Waals surface area (Å²) in [6, 6.07) is 0. The smallest absolute Gasteiger partial charge is 0.252 e. The topological polar surface area (TPSA) is 73.6 Å². The molecule has 3 N–H and O–H groups in total. The van der Waals surface area contributed by atoms with Crippen LogP contribution in [0.1, 0.15) is 32.1 Å². The largest absolute Gasteiger partial charge is 0.376 e. The van der Waals surface area contributed by atoms with Crippen molar-refractivity contribution in [2.45, 2.75) is 43.7 Å². The number of carbonyl (C=O) groups excluding carboxylic acids is 1. The van der Waals surface area contributed by atoms with Gasteiger partial charge in [-0.15, -0.1) is 0 Å². The molecule has 5 heteroatoms. The fraction of sp³-hybridized carbons (Fsp3) is 0.917. The van der Waals surface area contributed by atoms with E-state index in [4.69, 9.17) is 15.2 Å². The molecule has 2 fully saturated rings. The van der Waals surface area contributed by atoms with E-state index in [9.17, 15) is 4.79 Å². The summed E-state index contributed by atoms with van der Waals surface area (Å²) in [5.41, 5.74) is 5.62. The molecule has 17 heavy (non-hydrogen) atoms. The second-order valence-corrected chi connectivity index (χ2v) is 4.97. The average Bonchev–Trinajstić information content (AvgIpc) is 2.41. The molecule has 1 aliphatic heterocycles. The van der Waals surface area contributed by atoms with Crippen LogP contribution in [0, 0.1) is 0 Å². The van der Waals surface area contributed by atoms with E-state index >= 15 is 0 Å². The molecule has 1 unspecified atom stereocenters. The molecule has 1 heterocycles. The minimum absolute atomic E-state index is 0.0722. The number of nitrogens with two attached hydrogens (primary N) is 1. The van der Waals surface area contributed by atoms with Crippen molar-refractivity contribution in [1.82, 2.24) is 5.32 Å². The molecule has 0 radical (unpaired) electrons. The van der Waals surface area contributed by atoms with E-state index in [0.717, 1.165) is 25.7 Å². The van der Waals surface area contributed by atoms with Gasteiger partial charge in [0.1, 0.15) is 0 Å². The number of rotatable bonds is 3. The van der Waals surface area contributed by atoms with Crippen molar-refractivity contribution in [2.75, 3.05) is 26.4 Å².